The molecule has 0 aromatic heterocycles. The summed E-state index contributed by atoms with van der Waals surface area (Å²) in [6, 6.07) is 13.0. The Balaban J connectivity index is 0.000000642. The van der Waals surface area contributed by atoms with Crippen LogP contribution in [0.5, 0.6) is 0 Å². The Morgan fingerprint density at radius 2 is 0.857 bits per heavy atom. The molecule has 192 valence electrons. The first kappa shape index (κ1) is 34.8. The molecular formula is C26H38BaO6S2. The first-order chi connectivity index (χ1) is 16.1. The summed E-state index contributed by atoms with van der Waals surface area (Å²) >= 11 is 0. The molecule has 0 bridgehead atoms. The predicted octanol–water partition coefficient (Wildman–Crippen LogP) is 5.83. The van der Waals surface area contributed by atoms with Crippen LogP contribution in [0.3, 0.4) is 0 Å². The van der Waals surface area contributed by atoms with Gasteiger partial charge in [-0.25, -0.2) is 16.8 Å². The van der Waals surface area contributed by atoms with E-state index in [-0.39, 0.29) is 58.7 Å². The van der Waals surface area contributed by atoms with E-state index in [9.17, 15) is 25.9 Å². The van der Waals surface area contributed by atoms with Gasteiger partial charge in [-0.15, -0.1) is 0 Å². The SMILES string of the molecule is CCCCCCCc1ccccc1S(=O)(=O)[O-].CCCCCCCc1ccccc1S(=O)(=O)[O-].[Ba+2]. The molecule has 0 radical (unpaired) electrons. The van der Waals surface area contributed by atoms with Crippen molar-refractivity contribution in [2.45, 2.75) is 101 Å². The third-order valence-electron chi connectivity index (χ3n) is 5.58. The van der Waals surface area contributed by atoms with E-state index < -0.39 is 20.2 Å². The summed E-state index contributed by atoms with van der Waals surface area (Å²) in [5.74, 6) is 0. The van der Waals surface area contributed by atoms with Gasteiger partial charge in [0.25, 0.3) is 0 Å². The average molecular weight is 648 g/mol. The van der Waals surface area contributed by atoms with E-state index in [0.717, 1.165) is 25.7 Å². The molecule has 2 aromatic rings. The van der Waals surface area contributed by atoms with E-state index >= 15 is 0 Å². The van der Waals surface area contributed by atoms with E-state index in [2.05, 4.69) is 13.8 Å². The molecular weight excluding hydrogens is 610 g/mol. The molecule has 0 N–H and O–H groups in total. The van der Waals surface area contributed by atoms with Crippen molar-refractivity contribution in [3.05, 3.63) is 59.7 Å². The molecule has 0 amide bonds. The summed E-state index contributed by atoms with van der Waals surface area (Å²) in [5, 5.41) is 0. The third-order valence-corrected chi connectivity index (χ3v) is 7.46. The van der Waals surface area contributed by atoms with Crippen molar-refractivity contribution in [1.29, 1.82) is 0 Å². The fraction of sp³-hybridized carbons (Fsp3) is 0.538. The van der Waals surface area contributed by atoms with Crippen LogP contribution in [-0.2, 0) is 33.1 Å². The molecule has 6 nitrogen and oxygen atoms in total. The van der Waals surface area contributed by atoms with E-state index in [4.69, 9.17) is 0 Å². The van der Waals surface area contributed by atoms with Crippen molar-refractivity contribution in [3.8, 4) is 0 Å². The number of hydrogen-bond donors (Lipinski definition) is 0. The van der Waals surface area contributed by atoms with Crippen LogP contribution in [0, 0.1) is 0 Å². The van der Waals surface area contributed by atoms with Gasteiger partial charge >= 0.3 is 48.9 Å². The van der Waals surface area contributed by atoms with Gasteiger partial charge in [0.1, 0.15) is 20.2 Å². The minimum Gasteiger partial charge on any atom is -0.744 e. The van der Waals surface area contributed by atoms with Crippen LogP contribution in [-0.4, -0.2) is 74.8 Å². The van der Waals surface area contributed by atoms with Gasteiger partial charge in [-0.2, -0.15) is 0 Å². The Labute approximate surface area is 252 Å². The normalized spacial score (nSPS) is 11.3. The maximum atomic E-state index is 11.0. The summed E-state index contributed by atoms with van der Waals surface area (Å²) in [7, 11) is -8.66. The Kier molecular flexibility index (Phi) is 18.9. The van der Waals surface area contributed by atoms with Gasteiger partial charge in [0.2, 0.25) is 0 Å². The summed E-state index contributed by atoms with van der Waals surface area (Å²) < 4.78 is 66.2. The molecule has 0 fully saturated rings. The van der Waals surface area contributed by atoms with Gasteiger partial charge in [0.05, 0.1) is 9.79 Å². The Bertz CT molecular complexity index is 968. The van der Waals surface area contributed by atoms with Gasteiger partial charge in [0.15, 0.2) is 0 Å². The first-order valence-corrected chi connectivity index (χ1v) is 15.0. The van der Waals surface area contributed by atoms with Crippen LogP contribution in [0.25, 0.3) is 0 Å². The average Bonchev–Trinajstić information content (AvgIpc) is 2.78. The Morgan fingerprint density at radius 1 is 0.543 bits per heavy atom. The second-order valence-corrected chi connectivity index (χ2v) is 11.1. The van der Waals surface area contributed by atoms with Gasteiger partial charge in [-0.1, -0.05) is 102 Å². The Morgan fingerprint density at radius 3 is 1.17 bits per heavy atom. The van der Waals surface area contributed by atoms with E-state index in [1.807, 2.05) is 0 Å². The van der Waals surface area contributed by atoms with Crippen molar-refractivity contribution in [2.24, 2.45) is 0 Å². The minimum atomic E-state index is -4.33. The maximum absolute atomic E-state index is 11.0. The quantitative estimate of drug-likeness (QED) is 0.145. The van der Waals surface area contributed by atoms with Crippen molar-refractivity contribution >= 4 is 69.1 Å². The van der Waals surface area contributed by atoms with Crippen LogP contribution in [0.2, 0.25) is 0 Å². The number of hydrogen-bond acceptors (Lipinski definition) is 6. The molecule has 0 saturated heterocycles. The number of rotatable bonds is 14. The summed E-state index contributed by atoms with van der Waals surface area (Å²) in [5.41, 5.74) is 1.30. The molecule has 2 aromatic carbocycles. The van der Waals surface area contributed by atoms with E-state index in [1.165, 1.54) is 50.7 Å². The van der Waals surface area contributed by atoms with Gasteiger partial charge < -0.3 is 9.11 Å². The first-order valence-electron chi connectivity index (χ1n) is 12.2. The molecule has 2 rings (SSSR count). The summed E-state index contributed by atoms with van der Waals surface area (Å²) in [4.78, 5) is -0.119. The van der Waals surface area contributed by atoms with Gasteiger partial charge in [-0.3, -0.25) is 0 Å². The zero-order valence-electron chi connectivity index (χ0n) is 21.1. The van der Waals surface area contributed by atoms with Gasteiger partial charge in [-0.05, 0) is 48.9 Å². The van der Waals surface area contributed by atoms with E-state index in [0.29, 0.717) is 24.0 Å². The molecule has 0 atom stereocenters. The van der Waals surface area contributed by atoms with Crippen LogP contribution in [0.1, 0.15) is 89.2 Å². The summed E-state index contributed by atoms with van der Waals surface area (Å²) in [6.45, 7) is 4.30. The number of aryl methyl sites for hydroxylation is 2. The number of benzene rings is 2. The van der Waals surface area contributed by atoms with Crippen LogP contribution in [0.15, 0.2) is 58.3 Å². The molecule has 35 heavy (non-hydrogen) atoms. The molecule has 0 unspecified atom stereocenters. The molecule has 0 aliphatic carbocycles. The second kappa shape index (κ2) is 19.0. The van der Waals surface area contributed by atoms with Crippen LogP contribution < -0.4 is 0 Å². The molecule has 0 heterocycles. The zero-order chi connectivity index (χ0) is 25.5. The van der Waals surface area contributed by atoms with Crippen LogP contribution >= 0.6 is 0 Å². The van der Waals surface area contributed by atoms with Gasteiger partial charge in [0, 0.05) is 0 Å². The molecule has 9 heteroatoms. The number of unbranched alkanes of at least 4 members (excludes halogenated alkanes) is 8. The third kappa shape index (κ3) is 15.0. The summed E-state index contributed by atoms with van der Waals surface area (Å²) in [6.07, 6.45) is 12.5. The van der Waals surface area contributed by atoms with Crippen molar-refractivity contribution in [2.75, 3.05) is 0 Å². The van der Waals surface area contributed by atoms with E-state index in [1.54, 1.807) is 36.4 Å². The molecule has 0 aliphatic heterocycles. The predicted molar refractivity (Wildman–Crippen MR) is 139 cm³/mol. The monoisotopic (exact) mass is 648 g/mol. The second-order valence-electron chi connectivity index (χ2n) is 8.45. The zero-order valence-corrected chi connectivity index (χ0v) is 27.2. The fourth-order valence-electron chi connectivity index (χ4n) is 3.75. The maximum Gasteiger partial charge on any atom is 2.00 e. The Hall–Kier alpha value is -0.169. The van der Waals surface area contributed by atoms with Crippen molar-refractivity contribution in [3.63, 3.8) is 0 Å². The fourth-order valence-corrected chi connectivity index (χ4v) is 5.22. The molecule has 0 spiro atoms. The van der Waals surface area contributed by atoms with Crippen molar-refractivity contribution in [1.82, 2.24) is 0 Å². The topological polar surface area (TPSA) is 114 Å². The molecule has 0 saturated carbocycles. The smallest absolute Gasteiger partial charge is 0.744 e. The minimum absolute atomic E-state index is 0. The van der Waals surface area contributed by atoms with Crippen molar-refractivity contribution < 1.29 is 25.9 Å². The largest absolute Gasteiger partial charge is 2.00 e. The van der Waals surface area contributed by atoms with Crippen LogP contribution in [0.4, 0.5) is 0 Å². The molecule has 0 aliphatic rings. The standard InChI is InChI=1S/2C13H20O3S.Ba/c2*1-2-3-4-5-6-9-12-10-7-8-11-13(12)17(14,15)16;/h2*7-8,10-11H,2-6,9H2,1H3,(H,14,15,16);/q;;+2/p-2.